The van der Waals surface area contributed by atoms with E-state index < -0.39 is 47.3 Å². The third-order valence-corrected chi connectivity index (χ3v) is 12.3. The highest BCUT2D eigenvalue weighted by Crippen LogP contribution is 2.70. The van der Waals surface area contributed by atoms with Crippen molar-refractivity contribution < 1.29 is 38.8 Å². The van der Waals surface area contributed by atoms with Crippen LogP contribution in [-0.2, 0) is 41.6 Å². The number of aliphatic hydroxyl groups excluding tert-OH is 2. The van der Waals surface area contributed by atoms with Crippen molar-refractivity contribution in [3.63, 3.8) is 0 Å². The standard InChI is InChI=1S/C39H46N2O8/c1-37-13-12-28(43)16-27(37)10-11-29-30-17-33-39(32(45)20-42,38(30,2)18-31(44)35(29)37)49-36(48-33)26-8-6-23(7-9-26)14-24-4-3-5-25(15-24)21-47-22-41-34(46)19-40/h3-9,12-13,15-16,29-31,33,35-36,42,44H,10-11,14,17-22,40H2,1-2H3,(H,41,46)/t29-,30-,31-,33?,35+,36+,37-,38-,39+/m0/s1. The lowest BCUT2D eigenvalue weighted by molar-refractivity contribution is -0.201. The Bertz CT molecular complexity index is 1690. The average molecular weight is 671 g/mol. The van der Waals surface area contributed by atoms with Crippen molar-refractivity contribution in [3.8, 4) is 0 Å². The summed E-state index contributed by atoms with van der Waals surface area (Å²) in [7, 11) is 0. The maximum absolute atomic E-state index is 13.8. The van der Waals surface area contributed by atoms with Gasteiger partial charge in [0.25, 0.3) is 0 Å². The lowest BCUT2D eigenvalue weighted by Crippen LogP contribution is -2.63. The highest BCUT2D eigenvalue weighted by molar-refractivity contribution is 6.01. The van der Waals surface area contributed by atoms with E-state index in [1.165, 1.54) is 0 Å². The molecule has 10 nitrogen and oxygen atoms in total. The molecule has 4 fully saturated rings. The average Bonchev–Trinajstić information content (AvgIpc) is 3.59. The van der Waals surface area contributed by atoms with Gasteiger partial charge in [0.2, 0.25) is 5.91 Å². The van der Waals surface area contributed by atoms with Crippen molar-refractivity contribution in [3.05, 3.63) is 94.6 Å². The topological polar surface area (TPSA) is 157 Å². The fourth-order valence-corrected chi connectivity index (χ4v) is 10.1. The van der Waals surface area contributed by atoms with Crippen molar-refractivity contribution in [2.45, 2.75) is 76.7 Å². The van der Waals surface area contributed by atoms with Crippen LogP contribution in [-0.4, -0.2) is 65.4 Å². The van der Waals surface area contributed by atoms with Gasteiger partial charge in [0.1, 0.15) is 13.3 Å². The minimum absolute atomic E-state index is 0.00660. The molecule has 1 aliphatic heterocycles. The minimum atomic E-state index is -1.38. The van der Waals surface area contributed by atoms with Gasteiger partial charge in [0.05, 0.1) is 25.4 Å². The number of nitrogens with two attached hydrogens (primary N) is 1. The normalized spacial score (nSPS) is 35.9. The van der Waals surface area contributed by atoms with Gasteiger partial charge in [0.15, 0.2) is 23.5 Å². The molecule has 0 bridgehead atoms. The molecule has 1 heterocycles. The summed E-state index contributed by atoms with van der Waals surface area (Å²) in [6.45, 7) is 3.88. The zero-order chi connectivity index (χ0) is 34.6. The second-order valence-electron chi connectivity index (χ2n) is 14.9. The third-order valence-electron chi connectivity index (χ3n) is 12.3. The molecule has 5 N–H and O–H groups in total. The van der Waals surface area contributed by atoms with Gasteiger partial charge in [0, 0.05) is 22.3 Å². The van der Waals surface area contributed by atoms with Gasteiger partial charge in [-0.25, -0.2) is 0 Å². The number of hydrogen-bond acceptors (Lipinski definition) is 9. The first-order valence-electron chi connectivity index (χ1n) is 17.3. The summed E-state index contributed by atoms with van der Waals surface area (Å²) < 4.78 is 18.9. The Morgan fingerprint density at radius 3 is 2.63 bits per heavy atom. The Hall–Kier alpha value is -3.51. The number of allylic oxidation sites excluding steroid dienone is 4. The van der Waals surface area contributed by atoms with Crippen LogP contribution in [0.3, 0.4) is 0 Å². The molecular weight excluding hydrogens is 624 g/mol. The van der Waals surface area contributed by atoms with Crippen molar-refractivity contribution in [1.82, 2.24) is 5.32 Å². The van der Waals surface area contributed by atoms with E-state index in [-0.39, 0.29) is 42.7 Å². The first kappa shape index (κ1) is 34.0. The van der Waals surface area contributed by atoms with Gasteiger partial charge >= 0.3 is 0 Å². The summed E-state index contributed by atoms with van der Waals surface area (Å²) in [6, 6.07) is 16.0. The van der Waals surface area contributed by atoms with Crippen LogP contribution in [0.1, 0.15) is 68.1 Å². The molecular formula is C39H46N2O8. The fourth-order valence-electron chi connectivity index (χ4n) is 10.1. The highest BCUT2D eigenvalue weighted by Gasteiger charge is 2.75. The summed E-state index contributed by atoms with van der Waals surface area (Å²) in [5.41, 5.74) is 7.80. The number of fused-ring (bicyclic) bond motifs is 7. The number of amides is 1. The van der Waals surface area contributed by atoms with Gasteiger partial charge in [-0.2, -0.15) is 0 Å². The molecule has 7 rings (SSSR count). The number of benzene rings is 2. The van der Waals surface area contributed by atoms with Crippen molar-refractivity contribution in [2.24, 2.45) is 34.3 Å². The van der Waals surface area contributed by atoms with E-state index in [1.807, 2.05) is 49.4 Å². The number of aliphatic hydroxyl groups is 2. The van der Waals surface area contributed by atoms with E-state index >= 15 is 0 Å². The van der Waals surface area contributed by atoms with E-state index in [2.05, 4.69) is 24.4 Å². The van der Waals surface area contributed by atoms with Gasteiger partial charge in [-0.1, -0.05) is 74.0 Å². The predicted molar refractivity (Wildman–Crippen MR) is 179 cm³/mol. The van der Waals surface area contributed by atoms with Gasteiger partial charge < -0.3 is 35.5 Å². The Morgan fingerprint density at radius 1 is 1.10 bits per heavy atom. The number of carbonyl (C=O) groups excluding carboxylic acids is 3. The lowest BCUT2D eigenvalue weighted by Gasteiger charge is -2.59. The first-order chi connectivity index (χ1) is 23.5. The van der Waals surface area contributed by atoms with Gasteiger partial charge in [-0.05, 0) is 72.8 Å². The zero-order valence-corrected chi connectivity index (χ0v) is 28.1. The number of hydrogen-bond donors (Lipinski definition) is 4. The molecule has 1 unspecified atom stereocenters. The molecule has 2 aromatic carbocycles. The second kappa shape index (κ2) is 13.0. The summed E-state index contributed by atoms with van der Waals surface area (Å²) in [5.74, 6) is -0.613. The zero-order valence-electron chi connectivity index (χ0n) is 28.1. The summed E-state index contributed by atoms with van der Waals surface area (Å²) >= 11 is 0. The molecule has 5 aliphatic rings. The Labute approximate surface area is 286 Å². The van der Waals surface area contributed by atoms with Crippen LogP contribution in [0.25, 0.3) is 0 Å². The Morgan fingerprint density at radius 2 is 1.88 bits per heavy atom. The second-order valence-corrected chi connectivity index (χ2v) is 14.9. The molecule has 1 saturated heterocycles. The van der Waals surface area contributed by atoms with Crippen LogP contribution in [0, 0.1) is 28.6 Å². The third kappa shape index (κ3) is 5.63. The highest BCUT2D eigenvalue weighted by atomic mass is 16.7. The minimum Gasteiger partial charge on any atom is -0.393 e. The molecule has 10 heteroatoms. The van der Waals surface area contributed by atoms with Crippen molar-refractivity contribution in [2.75, 3.05) is 19.9 Å². The monoisotopic (exact) mass is 670 g/mol. The number of carbonyl (C=O) groups is 3. The molecule has 0 aromatic heterocycles. The first-order valence-corrected chi connectivity index (χ1v) is 17.3. The maximum Gasteiger partial charge on any atom is 0.235 e. The van der Waals surface area contributed by atoms with E-state index in [0.717, 1.165) is 40.7 Å². The molecule has 0 spiro atoms. The number of rotatable bonds is 10. The number of nitrogens with one attached hydrogen (secondary N) is 1. The van der Waals surface area contributed by atoms with E-state index in [1.54, 1.807) is 12.2 Å². The van der Waals surface area contributed by atoms with Crippen LogP contribution >= 0.6 is 0 Å². The SMILES string of the molecule is C[C@]12C=CC(=O)C=C1CC[C@@H]1[C@@H]2[C@@H](O)C[C@@]2(C)[C@H]1CC1O[C@@H](c3ccc(Cc4cccc(COCNC(=O)CN)c4)cc3)O[C@]12C(=O)CO. The van der Waals surface area contributed by atoms with Crippen molar-refractivity contribution >= 4 is 17.5 Å². The molecule has 4 aliphatic carbocycles. The number of Topliss-reactive ketones (excluding diaryl/α,β-unsaturated/α-hetero) is 1. The van der Waals surface area contributed by atoms with E-state index in [9.17, 15) is 24.6 Å². The Kier molecular flexibility index (Phi) is 9.00. The molecule has 0 radical (unpaired) electrons. The fraction of sp³-hybridized carbons (Fsp3) is 0.513. The van der Waals surface area contributed by atoms with Crippen molar-refractivity contribution in [1.29, 1.82) is 0 Å². The predicted octanol–water partition coefficient (Wildman–Crippen LogP) is 3.43. The van der Waals surface area contributed by atoms with Gasteiger partial charge in [-0.3, -0.25) is 14.4 Å². The molecule has 3 saturated carbocycles. The van der Waals surface area contributed by atoms with E-state index in [0.29, 0.717) is 25.9 Å². The van der Waals surface area contributed by atoms with Crippen LogP contribution < -0.4 is 11.1 Å². The lowest BCUT2D eigenvalue weighted by atomic mass is 9.46. The number of ketones is 2. The summed E-state index contributed by atoms with van der Waals surface area (Å²) in [4.78, 5) is 37.3. The van der Waals surface area contributed by atoms with Gasteiger partial charge in [-0.15, -0.1) is 0 Å². The molecule has 1 amide bonds. The van der Waals surface area contributed by atoms with Crippen LogP contribution in [0.4, 0.5) is 0 Å². The quantitative estimate of drug-likeness (QED) is 0.220. The summed E-state index contributed by atoms with van der Waals surface area (Å²) in [5, 5.41) is 24.7. The van der Waals surface area contributed by atoms with Crippen LogP contribution in [0.5, 0.6) is 0 Å². The number of ether oxygens (including phenoxy) is 3. The Balaban J connectivity index is 1.07. The van der Waals surface area contributed by atoms with Crippen LogP contribution in [0.2, 0.25) is 0 Å². The molecule has 260 valence electrons. The molecule has 2 aromatic rings. The maximum atomic E-state index is 13.8. The summed E-state index contributed by atoms with van der Waals surface area (Å²) in [6.07, 6.45) is 6.49. The van der Waals surface area contributed by atoms with Crippen LogP contribution in [0.15, 0.2) is 72.3 Å². The smallest absolute Gasteiger partial charge is 0.235 e. The largest absolute Gasteiger partial charge is 0.393 e. The molecule has 9 atom stereocenters. The van der Waals surface area contributed by atoms with E-state index in [4.69, 9.17) is 19.9 Å². The molecule has 49 heavy (non-hydrogen) atoms.